The van der Waals surface area contributed by atoms with Crippen molar-refractivity contribution in [1.82, 2.24) is 14.7 Å². The van der Waals surface area contributed by atoms with Crippen LogP contribution in [0.15, 0.2) is 66.7 Å². The standard InChI is InChI=1S/C29H36N4O2/c1-21(2)19-32(28(35)17-14-23-10-8-7-9-11-23)20-27(34)30-26-18-25(29(4,5)6)31-33(26)24-15-12-22(3)13-16-24/h7-18,21H,19-20H2,1-6H3,(H,30,34). The molecule has 1 heterocycles. The van der Waals surface area contributed by atoms with E-state index in [2.05, 4.69) is 26.1 Å². The molecule has 3 rings (SSSR count). The second kappa shape index (κ2) is 11.2. The summed E-state index contributed by atoms with van der Waals surface area (Å²) in [6.07, 6.45) is 3.30. The molecule has 0 radical (unpaired) electrons. The molecule has 0 aliphatic rings. The van der Waals surface area contributed by atoms with Crippen LogP contribution in [0.3, 0.4) is 0 Å². The monoisotopic (exact) mass is 472 g/mol. The van der Waals surface area contributed by atoms with Gasteiger partial charge >= 0.3 is 0 Å². The van der Waals surface area contributed by atoms with Gasteiger partial charge in [-0.2, -0.15) is 5.10 Å². The van der Waals surface area contributed by atoms with E-state index in [0.717, 1.165) is 22.5 Å². The fourth-order valence-electron chi connectivity index (χ4n) is 3.59. The zero-order valence-electron chi connectivity index (χ0n) is 21.6. The van der Waals surface area contributed by atoms with Gasteiger partial charge in [0.15, 0.2) is 0 Å². The fourth-order valence-corrected chi connectivity index (χ4v) is 3.59. The van der Waals surface area contributed by atoms with E-state index in [-0.39, 0.29) is 29.7 Å². The molecule has 0 spiro atoms. The van der Waals surface area contributed by atoms with Crippen molar-refractivity contribution >= 4 is 23.7 Å². The second-order valence-electron chi connectivity index (χ2n) is 10.3. The van der Waals surface area contributed by atoms with Gasteiger partial charge in [-0.05, 0) is 36.6 Å². The molecule has 0 saturated carbocycles. The molecule has 0 unspecified atom stereocenters. The van der Waals surface area contributed by atoms with Crippen molar-refractivity contribution in [2.45, 2.75) is 47.0 Å². The molecule has 1 N–H and O–H groups in total. The Morgan fingerprint density at radius 2 is 1.71 bits per heavy atom. The van der Waals surface area contributed by atoms with Crippen molar-refractivity contribution in [2.75, 3.05) is 18.4 Å². The SMILES string of the molecule is Cc1ccc(-n2nc(C(C)(C)C)cc2NC(=O)CN(CC(C)C)C(=O)C=Cc2ccccc2)cc1. The molecule has 2 aromatic carbocycles. The Labute approximate surface area is 208 Å². The first-order valence-corrected chi connectivity index (χ1v) is 12.0. The smallest absolute Gasteiger partial charge is 0.247 e. The maximum Gasteiger partial charge on any atom is 0.247 e. The lowest BCUT2D eigenvalue weighted by Gasteiger charge is -2.23. The summed E-state index contributed by atoms with van der Waals surface area (Å²) < 4.78 is 1.75. The summed E-state index contributed by atoms with van der Waals surface area (Å²) in [7, 11) is 0. The van der Waals surface area contributed by atoms with Crippen molar-refractivity contribution in [2.24, 2.45) is 5.92 Å². The number of hydrogen-bond donors (Lipinski definition) is 1. The topological polar surface area (TPSA) is 67.2 Å². The summed E-state index contributed by atoms with van der Waals surface area (Å²) in [5, 5.41) is 7.76. The Morgan fingerprint density at radius 3 is 2.31 bits per heavy atom. The van der Waals surface area contributed by atoms with Crippen LogP contribution in [-0.2, 0) is 15.0 Å². The van der Waals surface area contributed by atoms with Crippen molar-refractivity contribution in [3.8, 4) is 5.69 Å². The summed E-state index contributed by atoms with van der Waals surface area (Å²) in [5.41, 5.74) is 3.63. The predicted octanol–water partition coefficient (Wildman–Crippen LogP) is 5.61. The number of carbonyl (C=O) groups is 2. The minimum absolute atomic E-state index is 0.0416. The van der Waals surface area contributed by atoms with Crippen LogP contribution in [0.25, 0.3) is 11.8 Å². The van der Waals surface area contributed by atoms with Crippen LogP contribution in [0.1, 0.15) is 51.4 Å². The third-order valence-electron chi connectivity index (χ3n) is 5.47. The van der Waals surface area contributed by atoms with Crippen molar-refractivity contribution < 1.29 is 9.59 Å². The van der Waals surface area contributed by atoms with E-state index in [1.54, 1.807) is 15.7 Å². The van der Waals surface area contributed by atoms with E-state index in [9.17, 15) is 9.59 Å². The molecule has 0 saturated heterocycles. The van der Waals surface area contributed by atoms with E-state index in [0.29, 0.717) is 12.4 Å². The molecule has 0 bridgehead atoms. The number of carbonyl (C=O) groups excluding carboxylic acids is 2. The zero-order chi connectivity index (χ0) is 25.6. The minimum Gasteiger partial charge on any atom is -0.330 e. The van der Waals surface area contributed by atoms with Crippen LogP contribution >= 0.6 is 0 Å². The minimum atomic E-state index is -0.263. The molecule has 3 aromatic rings. The van der Waals surface area contributed by atoms with Gasteiger partial charge in [-0.1, -0.05) is 82.6 Å². The largest absolute Gasteiger partial charge is 0.330 e. The molecule has 0 aliphatic heterocycles. The molecule has 184 valence electrons. The van der Waals surface area contributed by atoms with Gasteiger partial charge in [-0.15, -0.1) is 0 Å². The van der Waals surface area contributed by atoms with Gasteiger partial charge in [0.1, 0.15) is 12.4 Å². The predicted molar refractivity (Wildman–Crippen MR) is 143 cm³/mol. The molecule has 0 atom stereocenters. The van der Waals surface area contributed by atoms with Crippen molar-refractivity contribution in [1.29, 1.82) is 0 Å². The highest BCUT2D eigenvalue weighted by molar-refractivity contribution is 5.97. The summed E-state index contributed by atoms with van der Waals surface area (Å²) >= 11 is 0. The highest BCUT2D eigenvalue weighted by Gasteiger charge is 2.23. The van der Waals surface area contributed by atoms with Crippen LogP contribution in [0, 0.1) is 12.8 Å². The maximum absolute atomic E-state index is 13.1. The fraction of sp³-hybridized carbons (Fsp3) is 0.345. The van der Waals surface area contributed by atoms with Gasteiger partial charge in [-0.3, -0.25) is 9.59 Å². The van der Waals surface area contributed by atoms with E-state index in [1.807, 2.05) is 81.4 Å². The van der Waals surface area contributed by atoms with E-state index in [1.165, 1.54) is 6.08 Å². The Bertz CT molecular complexity index is 1170. The van der Waals surface area contributed by atoms with Crippen LogP contribution in [-0.4, -0.2) is 39.6 Å². The number of nitrogens with zero attached hydrogens (tertiary/aromatic N) is 3. The molecule has 6 heteroatoms. The van der Waals surface area contributed by atoms with E-state index in [4.69, 9.17) is 5.10 Å². The summed E-state index contributed by atoms with van der Waals surface area (Å²) in [6, 6.07) is 19.5. The molecule has 0 fully saturated rings. The number of nitrogens with one attached hydrogen (secondary N) is 1. The summed E-state index contributed by atoms with van der Waals surface area (Å²) in [5.74, 6) is 0.351. The first-order valence-electron chi connectivity index (χ1n) is 12.0. The van der Waals surface area contributed by atoms with Gasteiger partial charge in [-0.25, -0.2) is 4.68 Å². The Hall–Kier alpha value is -3.67. The number of aromatic nitrogens is 2. The molecule has 6 nitrogen and oxygen atoms in total. The lowest BCUT2D eigenvalue weighted by Crippen LogP contribution is -2.39. The quantitative estimate of drug-likeness (QED) is 0.433. The third kappa shape index (κ3) is 7.41. The molecule has 2 amide bonds. The zero-order valence-corrected chi connectivity index (χ0v) is 21.6. The van der Waals surface area contributed by atoms with Crippen LogP contribution in [0.5, 0.6) is 0 Å². The highest BCUT2D eigenvalue weighted by Crippen LogP contribution is 2.26. The Balaban J connectivity index is 1.81. The second-order valence-corrected chi connectivity index (χ2v) is 10.3. The van der Waals surface area contributed by atoms with Gasteiger partial charge < -0.3 is 10.2 Å². The van der Waals surface area contributed by atoms with E-state index >= 15 is 0 Å². The van der Waals surface area contributed by atoms with Crippen molar-refractivity contribution in [3.05, 3.63) is 83.6 Å². The Kier molecular flexibility index (Phi) is 8.28. The Morgan fingerprint density at radius 1 is 1.06 bits per heavy atom. The van der Waals surface area contributed by atoms with Gasteiger partial charge in [0.05, 0.1) is 11.4 Å². The average molecular weight is 473 g/mol. The van der Waals surface area contributed by atoms with Crippen LogP contribution in [0.4, 0.5) is 5.82 Å². The number of benzene rings is 2. The number of rotatable bonds is 8. The van der Waals surface area contributed by atoms with Crippen LogP contribution in [0.2, 0.25) is 0 Å². The lowest BCUT2D eigenvalue weighted by atomic mass is 9.92. The third-order valence-corrected chi connectivity index (χ3v) is 5.47. The number of hydrogen-bond acceptors (Lipinski definition) is 3. The van der Waals surface area contributed by atoms with E-state index < -0.39 is 0 Å². The van der Waals surface area contributed by atoms with Gasteiger partial charge in [0.2, 0.25) is 11.8 Å². The van der Waals surface area contributed by atoms with Gasteiger partial charge in [0, 0.05) is 24.1 Å². The number of anilines is 1. The average Bonchev–Trinajstić information content (AvgIpc) is 3.22. The van der Waals surface area contributed by atoms with Crippen LogP contribution < -0.4 is 5.32 Å². The number of aryl methyl sites for hydroxylation is 1. The molecule has 35 heavy (non-hydrogen) atoms. The molecule has 1 aromatic heterocycles. The molecular weight excluding hydrogens is 436 g/mol. The first kappa shape index (κ1) is 25.9. The molecule has 0 aliphatic carbocycles. The molecular formula is C29H36N4O2. The first-order chi connectivity index (χ1) is 16.5. The highest BCUT2D eigenvalue weighted by atomic mass is 16.2. The summed E-state index contributed by atoms with van der Waals surface area (Å²) in [4.78, 5) is 27.6. The number of amides is 2. The summed E-state index contributed by atoms with van der Waals surface area (Å²) in [6.45, 7) is 12.8. The maximum atomic E-state index is 13.1. The van der Waals surface area contributed by atoms with Crippen molar-refractivity contribution in [3.63, 3.8) is 0 Å². The lowest BCUT2D eigenvalue weighted by molar-refractivity contribution is -0.131. The van der Waals surface area contributed by atoms with Gasteiger partial charge in [0.25, 0.3) is 0 Å². The normalized spacial score (nSPS) is 11.7.